The lowest BCUT2D eigenvalue weighted by molar-refractivity contribution is -0.115. The minimum atomic E-state index is -0.691. The number of methoxy groups -OCH3 is 1. The van der Waals surface area contributed by atoms with Gasteiger partial charge in [-0.15, -0.1) is 0 Å². The fourth-order valence-electron chi connectivity index (χ4n) is 1.29. The van der Waals surface area contributed by atoms with Gasteiger partial charge in [0.25, 0.3) is 0 Å². The zero-order valence-electron chi connectivity index (χ0n) is 10.6. The lowest BCUT2D eigenvalue weighted by atomic mass is 10.0. The largest absolute Gasteiger partial charge is 0.451 e. The molecule has 0 aliphatic rings. The van der Waals surface area contributed by atoms with Crippen LogP contribution in [0.15, 0.2) is 4.99 Å². The fourth-order valence-corrected chi connectivity index (χ4v) is 2.23. The van der Waals surface area contributed by atoms with Gasteiger partial charge < -0.3 is 4.74 Å². The number of hydrogen-bond acceptors (Lipinski definition) is 3. The van der Waals surface area contributed by atoms with Crippen LogP contribution in [0, 0.1) is 5.92 Å². The fraction of sp³-hybridized carbons (Fsp3) is 0.727. The molecule has 0 aromatic carbocycles. The van der Waals surface area contributed by atoms with Crippen LogP contribution in [0.25, 0.3) is 0 Å². The van der Waals surface area contributed by atoms with Crippen molar-refractivity contribution in [2.45, 2.75) is 26.7 Å². The summed E-state index contributed by atoms with van der Waals surface area (Å²) < 4.78 is 4.45. The Hall–Kier alpha value is -0.760. The molecule has 5 heteroatoms. The molecule has 0 saturated carbocycles. The van der Waals surface area contributed by atoms with Crippen LogP contribution in [0.5, 0.6) is 0 Å². The van der Waals surface area contributed by atoms with E-state index in [1.54, 1.807) is 0 Å². The van der Waals surface area contributed by atoms with E-state index in [0.717, 1.165) is 12.8 Å². The summed E-state index contributed by atoms with van der Waals surface area (Å²) in [6.45, 7) is 7.72. The summed E-state index contributed by atoms with van der Waals surface area (Å²) in [5.74, 6) is -0.0957. The van der Waals surface area contributed by atoms with Crippen molar-refractivity contribution in [2.75, 3.05) is 20.4 Å². The van der Waals surface area contributed by atoms with Gasteiger partial charge in [0.15, 0.2) is 5.78 Å². The van der Waals surface area contributed by atoms with Crippen molar-refractivity contribution in [3.05, 3.63) is 0 Å². The number of Topliss-reactive ketones (excluding diaryl/α,β-unsaturated/α-hetero) is 1. The van der Waals surface area contributed by atoms with E-state index >= 15 is 0 Å². The quantitative estimate of drug-likeness (QED) is 0.552. The Morgan fingerprint density at radius 1 is 1.38 bits per heavy atom. The molecule has 0 aromatic rings. The summed E-state index contributed by atoms with van der Waals surface area (Å²) in [7, 11) is 0.576. The van der Waals surface area contributed by atoms with Crippen LogP contribution in [-0.4, -0.2) is 37.8 Å². The first-order valence-corrected chi connectivity index (χ1v) is 7.55. The molecule has 0 radical (unpaired) electrons. The van der Waals surface area contributed by atoms with E-state index in [1.807, 2.05) is 27.2 Å². The molecular formula is C11H20NO3P. The van der Waals surface area contributed by atoms with E-state index in [1.165, 1.54) is 7.11 Å². The van der Waals surface area contributed by atoms with Crippen LogP contribution >= 0.6 is 7.92 Å². The molecule has 92 valence electrons. The number of nitrogens with zero attached hydrogens (tertiary/aromatic N) is 1. The zero-order chi connectivity index (χ0) is 12.7. The molecule has 0 spiro atoms. The topological polar surface area (TPSA) is 55.7 Å². The van der Waals surface area contributed by atoms with Crippen LogP contribution in [0.4, 0.5) is 4.79 Å². The minimum absolute atomic E-state index is 0.0247. The highest BCUT2D eigenvalue weighted by Crippen LogP contribution is 2.30. The highest BCUT2D eigenvalue weighted by atomic mass is 31.1. The molecule has 1 unspecified atom stereocenters. The molecule has 0 fully saturated rings. The number of carbonyl (C=O) groups excluding carboxylic acids is 2. The smallest absolute Gasteiger partial charge is 0.434 e. The van der Waals surface area contributed by atoms with E-state index < -0.39 is 14.0 Å². The van der Waals surface area contributed by atoms with Crippen molar-refractivity contribution in [3.63, 3.8) is 0 Å². The normalized spacial score (nSPS) is 13.8. The molecule has 0 aliphatic carbocycles. The van der Waals surface area contributed by atoms with Crippen LogP contribution in [0.1, 0.15) is 26.7 Å². The predicted molar refractivity (Wildman–Crippen MR) is 67.7 cm³/mol. The maximum Gasteiger partial charge on any atom is 0.434 e. The van der Waals surface area contributed by atoms with Crippen molar-refractivity contribution in [3.8, 4) is 0 Å². The molecule has 0 rings (SSSR count). The second-order valence-electron chi connectivity index (χ2n) is 3.85. The summed E-state index contributed by atoms with van der Waals surface area (Å²) in [6.07, 6.45) is 1.08. The number of ketones is 1. The standard InChI is InChI=1S/C11H20NO3P/c1-6-7-8(2)9(13)10(16(4)5)12-11(14)15-3/h8H,6-7H2,1-5H3. The van der Waals surface area contributed by atoms with Gasteiger partial charge in [-0.1, -0.05) is 28.2 Å². The first-order chi connectivity index (χ1) is 7.43. The van der Waals surface area contributed by atoms with E-state index in [0.29, 0.717) is 5.45 Å². The van der Waals surface area contributed by atoms with Crippen molar-refractivity contribution >= 4 is 25.3 Å². The molecule has 0 aliphatic heterocycles. The third kappa shape index (κ3) is 4.84. The van der Waals surface area contributed by atoms with Crippen LogP contribution < -0.4 is 0 Å². The highest BCUT2D eigenvalue weighted by Gasteiger charge is 2.22. The molecule has 0 bridgehead atoms. The predicted octanol–water partition coefficient (Wildman–Crippen LogP) is 2.90. The van der Waals surface area contributed by atoms with Gasteiger partial charge >= 0.3 is 6.09 Å². The van der Waals surface area contributed by atoms with Crippen molar-refractivity contribution in [2.24, 2.45) is 10.9 Å². The Bertz CT molecular complexity index is 287. The van der Waals surface area contributed by atoms with Gasteiger partial charge in [0.2, 0.25) is 0 Å². The SMILES string of the molecule is CCCC(C)C(=O)C(=NC(=O)OC)P(C)C. The molecule has 0 heterocycles. The molecular weight excluding hydrogens is 225 g/mol. The van der Waals surface area contributed by atoms with Gasteiger partial charge in [-0.2, -0.15) is 4.99 Å². The molecule has 0 aromatic heterocycles. The van der Waals surface area contributed by atoms with Gasteiger partial charge in [0.05, 0.1) is 7.11 Å². The second-order valence-corrected chi connectivity index (χ2v) is 6.07. The molecule has 0 N–H and O–H groups in total. The lowest BCUT2D eigenvalue weighted by Crippen LogP contribution is -2.21. The summed E-state index contributed by atoms with van der Waals surface area (Å²) in [5.41, 5.74) is 0.378. The first kappa shape index (κ1) is 15.2. The minimum Gasteiger partial charge on any atom is -0.451 e. The Kier molecular flexibility index (Phi) is 7.15. The zero-order valence-corrected chi connectivity index (χ0v) is 11.5. The lowest BCUT2D eigenvalue weighted by Gasteiger charge is -2.13. The molecule has 4 nitrogen and oxygen atoms in total. The Morgan fingerprint density at radius 2 is 1.94 bits per heavy atom. The van der Waals surface area contributed by atoms with Crippen LogP contribution in [0.2, 0.25) is 0 Å². The number of rotatable bonds is 5. The number of carbonyl (C=O) groups is 2. The monoisotopic (exact) mass is 245 g/mol. The third-order valence-electron chi connectivity index (χ3n) is 2.19. The molecule has 0 saturated heterocycles. The van der Waals surface area contributed by atoms with Gasteiger partial charge in [-0.25, -0.2) is 4.79 Å². The van der Waals surface area contributed by atoms with Gasteiger partial charge in [0.1, 0.15) is 5.45 Å². The van der Waals surface area contributed by atoms with Crippen LogP contribution in [0.3, 0.4) is 0 Å². The average Bonchev–Trinajstić information content (AvgIpc) is 2.24. The van der Waals surface area contributed by atoms with E-state index in [-0.39, 0.29) is 11.7 Å². The number of amides is 1. The molecule has 1 amide bonds. The maximum absolute atomic E-state index is 12.0. The van der Waals surface area contributed by atoms with Crippen molar-refractivity contribution < 1.29 is 14.3 Å². The summed E-state index contributed by atoms with van der Waals surface area (Å²) in [4.78, 5) is 26.8. The highest BCUT2D eigenvalue weighted by molar-refractivity contribution is 7.76. The molecule has 16 heavy (non-hydrogen) atoms. The van der Waals surface area contributed by atoms with Crippen molar-refractivity contribution in [1.29, 1.82) is 0 Å². The number of ether oxygens (including phenoxy) is 1. The van der Waals surface area contributed by atoms with E-state index in [2.05, 4.69) is 9.73 Å². The Labute approximate surface area is 98.2 Å². The van der Waals surface area contributed by atoms with Gasteiger partial charge in [-0.3, -0.25) is 4.79 Å². The van der Waals surface area contributed by atoms with E-state index in [4.69, 9.17) is 0 Å². The third-order valence-corrected chi connectivity index (χ3v) is 3.35. The van der Waals surface area contributed by atoms with E-state index in [9.17, 15) is 9.59 Å². The summed E-state index contributed by atoms with van der Waals surface area (Å²) in [5, 5.41) is 0. The number of aliphatic imine (C=N–C) groups is 1. The average molecular weight is 245 g/mol. The van der Waals surface area contributed by atoms with Gasteiger partial charge in [-0.05, 0) is 19.8 Å². The second kappa shape index (κ2) is 7.50. The van der Waals surface area contributed by atoms with Crippen molar-refractivity contribution in [1.82, 2.24) is 0 Å². The first-order valence-electron chi connectivity index (χ1n) is 5.32. The maximum atomic E-state index is 12.0. The summed E-state index contributed by atoms with van der Waals surface area (Å²) >= 11 is 0. The Balaban J connectivity index is 4.86. The summed E-state index contributed by atoms with van der Waals surface area (Å²) in [6, 6.07) is 0. The van der Waals surface area contributed by atoms with Crippen LogP contribution in [-0.2, 0) is 9.53 Å². The number of hydrogen-bond donors (Lipinski definition) is 0. The Morgan fingerprint density at radius 3 is 2.31 bits per heavy atom. The van der Waals surface area contributed by atoms with Gasteiger partial charge in [0, 0.05) is 5.92 Å². The molecule has 1 atom stereocenters.